The van der Waals surface area contributed by atoms with Crippen molar-refractivity contribution in [1.82, 2.24) is 25.2 Å². The third-order valence-electron chi connectivity index (χ3n) is 5.57. The Labute approximate surface area is 175 Å². The van der Waals surface area contributed by atoms with Crippen LogP contribution in [0.5, 0.6) is 0 Å². The van der Waals surface area contributed by atoms with Gasteiger partial charge in [0.25, 0.3) is 5.91 Å². The lowest BCUT2D eigenvalue weighted by atomic mass is 10.1. The molecule has 2 saturated heterocycles. The van der Waals surface area contributed by atoms with E-state index in [0.717, 1.165) is 24.3 Å². The fourth-order valence-corrected chi connectivity index (χ4v) is 3.72. The van der Waals surface area contributed by atoms with Gasteiger partial charge in [0.2, 0.25) is 11.9 Å². The van der Waals surface area contributed by atoms with E-state index in [4.69, 9.17) is 4.74 Å². The second-order valence-corrected chi connectivity index (χ2v) is 7.59. The number of morpholine rings is 1. The summed E-state index contributed by atoms with van der Waals surface area (Å²) in [6.07, 6.45) is 5.50. The molecule has 9 heteroatoms. The summed E-state index contributed by atoms with van der Waals surface area (Å²) in [6.45, 7) is 6.11. The van der Waals surface area contributed by atoms with Gasteiger partial charge in [0.15, 0.2) is 0 Å². The third-order valence-corrected chi connectivity index (χ3v) is 5.57. The molecule has 1 N–H and O–H groups in total. The summed E-state index contributed by atoms with van der Waals surface area (Å²) < 4.78 is 5.33. The predicted molar refractivity (Wildman–Crippen MR) is 110 cm³/mol. The van der Waals surface area contributed by atoms with E-state index in [9.17, 15) is 9.59 Å². The quantitative estimate of drug-likeness (QED) is 0.778. The Morgan fingerprint density at radius 1 is 1.17 bits per heavy atom. The standard InChI is InChI=1S/C21H26N6O3/c1-15-3-2-5-22-18(15)13-23-19(28)16-4-6-27(14-16)20(29)17-11-24-21(25-12-17)26-7-9-30-10-8-26/h2-3,5,11-12,16H,4,6-10,13-14H2,1H3,(H,23,28). The van der Waals surface area contributed by atoms with Crippen molar-refractivity contribution in [3.05, 3.63) is 47.5 Å². The van der Waals surface area contributed by atoms with Crippen LogP contribution in [-0.4, -0.2) is 71.1 Å². The number of pyridine rings is 1. The van der Waals surface area contributed by atoms with Crippen LogP contribution in [0.2, 0.25) is 0 Å². The Morgan fingerprint density at radius 3 is 2.67 bits per heavy atom. The fourth-order valence-electron chi connectivity index (χ4n) is 3.72. The van der Waals surface area contributed by atoms with Crippen LogP contribution in [-0.2, 0) is 16.1 Å². The Bertz CT molecular complexity index is 898. The highest BCUT2D eigenvalue weighted by Crippen LogP contribution is 2.19. The highest BCUT2D eigenvalue weighted by Gasteiger charge is 2.31. The highest BCUT2D eigenvalue weighted by atomic mass is 16.5. The molecule has 4 rings (SSSR count). The molecule has 0 aromatic carbocycles. The molecule has 0 radical (unpaired) electrons. The highest BCUT2D eigenvalue weighted by molar-refractivity contribution is 5.94. The van der Waals surface area contributed by atoms with E-state index in [1.54, 1.807) is 23.5 Å². The van der Waals surface area contributed by atoms with Crippen LogP contribution >= 0.6 is 0 Å². The molecule has 2 amide bonds. The van der Waals surface area contributed by atoms with Gasteiger partial charge in [-0.2, -0.15) is 0 Å². The number of nitrogens with zero attached hydrogens (tertiary/aromatic N) is 5. The zero-order valence-electron chi connectivity index (χ0n) is 17.1. The Hall–Kier alpha value is -3.07. The SMILES string of the molecule is Cc1cccnc1CNC(=O)C1CCN(C(=O)c2cnc(N3CCOCC3)nc2)C1. The average Bonchev–Trinajstić information content (AvgIpc) is 3.29. The average molecular weight is 410 g/mol. The van der Waals surface area contributed by atoms with Crippen LogP contribution in [0.3, 0.4) is 0 Å². The first-order valence-corrected chi connectivity index (χ1v) is 10.2. The van der Waals surface area contributed by atoms with Gasteiger partial charge >= 0.3 is 0 Å². The number of rotatable bonds is 5. The smallest absolute Gasteiger partial charge is 0.257 e. The van der Waals surface area contributed by atoms with E-state index in [1.165, 1.54) is 0 Å². The van der Waals surface area contributed by atoms with Crippen molar-refractivity contribution in [1.29, 1.82) is 0 Å². The molecule has 1 atom stereocenters. The lowest BCUT2D eigenvalue weighted by Gasteiger charge is -2.26. The van der Waals surface area contributed by atoms with E-state index >= 15 is 0 Å². The zero-order valence-corrected chi connectivity index (χ0v) is 17.1. The lowest BCUT2D eigenvalue weighted by Crippen LogP contribution is -2.37. The van der Waals surface area contributed by atoms with Crippen molar-refractivity contribution in [2.24, 2.45) is 5.92 Å². The summed E-state index contributed by atoms with van der Waals surface area (Å²) in [5, 5.41) is 2.94. The summed E-state index contributed by atoms with van der Waals surface area (Å²) in [5.41, 5.74) is 2.34. The van der Waals surface area contributed by atoms with Gasteiger partial charge in [-0.05, 0) is 25.0 Å². The van der Waals surface area contributed by atoms with Gasteiger partial charge in [-0.3, -0.25) is 14.6 Å². The van der Waals surface area contributed by atoms with Crippen molar-refractivity contribution >= 4 is 17.8 Å². The molecule has 9 nitrogen and oxygen atoms in total. The molecule has 2 aromatic heterocycles. The fraction of sp³-hybridized carbons (Fsp3) is 0.476. The van der Waals surface area contributed by atoms with Crippen LogP contribution in [0.1, 0.15) is 28.0 Å². The summed E-state index contributed by atoms with van der Waals surface area (Å²) in [4.78, 5) is 42.1. The Balaban J connectivity index is 1.30. The van der Waals surface area contributed by atoms with Gasteiger partial charge in [0.1, 0.15) is 0 Å². The minimum atomic E-state index is -0.216. The maximum absolute atomic E-state index is 12.8. The third kappa shape index (κ3) is 4.56. The Kier molecular flexibility index (Phi) is 6.18. The van der Waals surface area contributed by atoms with Crippen LogP contribution in [0.4, 0.5) is 5.95 Å². The van der Waals surface area contributed by atoms with Crippen molar-refractivity contribution in [2.45, 2.75) is 19.9 Å². The van der Waals surface area contributed by atoms with E-state index in [2.05, 4.69) is 20.3 Å². The van der Waals surface area contributed by atoms with Crippen LogP contribution in [0, 0.1) is 12.8 Å². The number of hydrogen-bond donors (Lipinski definition) is 1. The van der Waals surface area contributed by atoms with Gasteiger partial charge in [-0.25, -0.2) is 9.97 Å². The molecule has 4 heterocycles. The number of hydrogen-bond acceptors (Lipinski definition) is 7. The molecule has 0 saturated carbocycles. The molecule has 1 unspecified atom stereocenters. The monoisotopic (exact) mass is 410 g/mol. The Morgan fingerprint density at radius 2 is 1.93 bits per heavy atom. The molecular formula is C21H26N6O3. The van der Waals surface area contributed by atoms with Gasteiger partial charge in [-0.15, -0.1) is 0 Å². The van der Waals surface area contributed by atoms with E-state index in [0.29, 0.717) is 50.8 Å². The molecule has 30 heavy (non-hydrogen) atoms. The minimum Gasteiger partial charge on any atom is -0.378 e. The van der Waals surface area contributed by atoms with Gasteiger partial charge in [0, 0.05) is 44.8 Å². The van der Waals surface area contributed by atoms with E-state index in [1.807, 2.05) is 24.0 Å². The van der Waals surface area contributed by atoms with Crippen LogP contribution < -0.4 is 10.2 Å². The van der Waals surface area contributed by atoms with Gasteiger partial charge in [0.05, 0.1) is 36.9 Å². The van der Waals surface area contributed by atoms with Crippen LogP contribution in [0.15, 0.2) is 30.7 Å². The molecule has 2 aliphatic rings. The largest absolute Gasteiger partial charge is 0.378 e. The second kappa shape index (κ2) is 9.17. The molecule has 2 aliphatic heterocycles. The number of aromatic nitrogens is 3. The van der Waals surface area contributed by atoms with Crippen molar-refractivity contribution in [2.75, 3.05) is 44.3 Å². The number of aryl methyl sites for hydroxylation is 1. The number of nitrogens with one attached hydrogen (secondary N) is 1. The zero-order chi connectivity index (χ0) is 20.9. The summed E-state index contributed by atoms with van der Waals surface area (Å²) in [5.74, 6) is 0.207. The van der Waals surface area contributed by atoms with Crippen molar-refractivity contribution < 1.29 is 14.3 Å². The normalized spacial score (nSPS) is 19.0. The summed E-state index contributed by atoms with van der Waals surface area (Å²) in [7, 11) is 0. The molecule has 0 aliphatic carbocycles. The molecule has 2 aromatic rings. The van der Waals surface area contributed by atoms with Crippen LogP contribution in [0.25, 0.3) is 0 Å². The number of amides is 2. The first-order valence-electron chi connectivity index (χ1n) is 10.2. The van der Waals surface area contributed by atoms with E-state index in [-0.39, 0.29) is 17.7 Å². The minimum absolute atomic E-state index is 0.0470. The first kappa shape index (κ1) is 20.2. The predicted octanol–water partition coefficient (Wildman–Crippen LogP) is 0.795. The summed E-state index contributed by atoms with van der Waals surface area (Å²) in [6, 6.07) is 3.84. The number of carbonyl (C=O) groups excluding carboxylic acids is 2. The second-order valence-electron chi connectivity index (χ2n) is 7.59. The topological polar surface area (TPSA) is 101 Å². The lowest BCUT2D eigenvalue weighted by molar-refractivity contribution is -0.124. The van der Waals surface area contributed by atoms with Crippen molar-refractivity contribution in [3.8, 4) is 0 Å². The molecule has 2 fully saturated rings. The van der Waals surface area contributed by atoms with E-state index < -0.39 is 0 Å². The van der Waals surface area contributed by atoms with Gasteiger partial charge in [-0.1, -0.05) is 6.07 Å². The number of ether oxygens (including phenoxy) is 1. The molecule has 158 valence electrons. The molecule has 0 bridgehead atoms. The maximum Gasteiger partial charge on any atom is 0.257 e. The maximum atomic E-state index is 12.8. The van der Waals surface area contributed by atoms with Crippen molar-refractivity contribution in [3.63, 3.8) is 0 Å². The molecular weight excluding hydrogens is 384 g/mol. The number of carbonyl (C=O) groups is 2. The van der Waals surface area contributed by atoms with Gasteiger partial charge < -0.3 is 19.9 Å². The number of likely N-dealkylation sites (tertiary alicyclic amines) is 1. The summed E-state index contributed by atoms with van der Waals surface area (Å²) >= 11 is 0. The molecule has 0 spiro atoms. The first-order chi connectivity index (χ1) is 14.6. The number of anilines is 1.